The zero-order valence-electron chi connectivity index (χ0n) is 17.9. The summed E-state index contributed by atoms with van der Waals surface area (Å²) in [4.78, 5) is 0. The van der Waals surface area contributed by atoms with Crippen LogP contribution in [0.15, 0.2) is 82.2 Å². The van der Waals surface area contributed by atoms with Gasteiger partial charge in [-0.05, 0) is 11.1 Å². The third-order valence-corrected chi connectivity index (χ3v) is 9.76. The predicted octanol–water partition coefficient (Wildman–Crippen LogP) is 0.993. The molecule has 2 aliphatic rings. The van der Waals surface area contributed by atoms with Crippen molar-refractivity contribution in [3.8, 4) is 0 Å². The van der Waals surface area contributed by atoms with Crippen molar-refractivity contribution in [2.75, 3.05) is 0 Å². The van der Waals surface area contributed by atoms with Gasteiger partial charge in [-0.2, -0.15) is 0 Å². The Balaban J connectivity index is 0.00000150. The molecule has 2 aromatic carbocycles. The van der Waals surface area contributed by atoms with Gasteiger partial charge in [0.25, 0.3) is 0 Å². The maximum absolute atomic E-state index is 3.64. The molecule has 30 heavy (non-hydrogen) atoms. The summed E-state index contributed by atoms with van der Waals surface area (Å²) in [6.07, 6.45) is 9.15. The average molecular weight is 529 g/mol. The molecule has 0 heterocycles. The standard InChI is InChI=1S/C26H26Si.2ClH.Zr/c1-19-15-17-23(21-11-7-5-8-12-21)25(19)27(3,4)26-20(2)16-18-24(26)22-13-9-6-10-14-22;;;/h5-14H,17-18H2,1-4H3;2*1H;/q-2;;;+4/p-2. The first-order valence-electron chi connectivity index (χ1n) is 9.74. The fourth-order valence-electron chi connectivity index (χ4n) is 4.84. The van der Waals surface area contributed by atoms with Crippen molar-refractivity contribution in [1.29, 1.82) is 0 Å². The van der Waals surface area contributed by atoms with Crippen LogP contribution in [0.4, 0.5) is 0 Å². The van der Waals surface area contributed by atoms with Gasteiger partial charge in [0.15, 0.2) is 0 Å². The Hall–Kier alpha value is -0.920. The summed E-state index contributed by atoms with van der Waals surface area (Å²) in [5, 5.41) is 3.14. The van der Waals surface area contributed by atoms with Crippen LogP contribution < -0.4 is 24.8 Å². The van der Waals surface area contributed by atoms with Gasteiger partial charge in [-0.25, -0.2) is 21.5 Å². The molecule has 2 aromatic rings. The van der Waals surface area contributed by atoms with Gasteiger partial charge in [0.2, 0.25) is 0 Å². The minimum Gasteiger partial charge on any atom is -1.00 e. The first-order chi connectivity index (χ1) is 13.0. The minimum atomic E-state index is -1.89. The fourth-order valence-corrected chi connectivity index (χ4v) is 9.11. The summed E-state index contributed by atoms with van der Waals surface area (Å²) in [5.74, 6) is 0. The molecular formula is C26H26Cl2SiZr. The second-order valence-electron chi connectivity index (χ2n) is 8.02. The van der Waals surface area contributed by atoms with Gasteiger partial charge in [-0.3, -0.25) is 12.2 Å². The van der Waals surface area contributed by atoms with Crippen LogP contribution in [0.3, 0.4) is 0 Å². The van der Waals surface area contributed by atoms with Crippen LogP contribution in [-0.2, 0) is 26.2 Å². The Bertz CT molecular complexity index is 918. The molecule has 0 bridgehead atoms. The molecule has 0 aliphatic heterocycles. The van der Waals surface area contributed by atoms with Gasteiger partial charge < -0.3 is 24.8 Å². The van der Waals surface area contributed by atoms with E-state index in [1.807, 2.05) is 0 Å². The van der Waals surface area contributed by atoms with Crippen molar-refractivity contribution < 1.29 is 51.0 Å². The summed E-state index contributed by atoms with van der Waals surface area (Å²) in [5.41, 5.74) is 8.36. The first kappa shape index (κ1) is 27.1. The molecule has 0 fully saturated rings. The zero-order valence-corrected chi connectivity index (χ0v) is 22.9. The van der Waals surface area contributed by atoms with E-state index in [-0.39, 0.29) is 51.0 Å². The fraction of sp³-hybridized carbons (Fsp3) is 0.231. The first-order valence-corrected chi connectivity index (χ1v) is 12.7. The molecule has 4 heteroatoms. The van der Waals surface area contributed by atoms with Gasteiger partial charge in [-0.15, -0.1) is 24.0 Å². The van der Waals surface area contributed by atoms with Gasteiger partial charge in [-0.1, -0.05) is 95.7 Å². The Labute approximate surface area is 214 Å². The van der Waals surface area contributed by atoms with E-state index in [0.29, 0.717) is 0 Å². The number of rotatable bonds is 4. The molecule has 0 radical (unpaired) electrons. The SMILES string of the molecule is CC1=[C-]CC(c2ccccc2)=C1[Si](C)(C)C1=C(c2ccccc2)C[C-]=C1C.[Cl-].[Cl-].[Zr+4]. The maximum atomic E-state index is 3.64. The van der Waals surface area contributed by atoms with E-state index >= 15 is 0 Å². The van der Waals surface area contributed by atoms with E-state index < -0.39 is 8.07 Å². The summed E-state index contributed by atoms with van der Waals surface area (Å²) in [6, 6.07) is 21.8. The molecule has 0 N–H and O–H groups in total. The number of allylic oxidation sites excluding steroid dienone is 8. The second kappa shape index (κ2) is 11.1. The van der Waals surface area contributed by atoms with Crippen molar-refractivity contribution in [3.05, 3.63) is 105 Å². The van der Waals surface area contributed by atoms with Crippen molar-refractivity contribution in [2.24, 2.45) is 0 Å². The molecule has 152 valence electrons. The topological polar surface area (TPSA) is 0 Å². The third-order valence-electron chi connectivity index (χ3n) is 5.91. The van der Waals surface area contributed by atoms with Crippen LogP contribution in [0.2, 0.25) is 13.1 Å². The van der Waals surface area contributed by atoms with Crippen LogP contribution in [-0.4, -0.2) is 8.07 Å². The predicted molar refractivity (Wildman–Crippen MR) is 118 cm³/mol. The van der Waals surface area contributed by atoms with Gasteiger partial charge >= 0.3 is 26.2 Å². The van der Waals surface area contributed by atoms with Crippen molar-refractivity contribution in [3.63, 3.8) is 0 Å². The van der Waals surface area contributed by atoms with Crippen LogP contribution in [0.5, 0.6) is 0 Å². The molecule has 0 atom stereocenters. The van der Waals surface area contributed by atoms with E-state index in [4.69, 9.17) is 0 Å². The van der Waals surface area contributed by atoms with Crippen molar-refractivity contribution in [2.45, 2.75) is 39.8 Å². The summed E-state index contributed by atoms with van der Waals surface area (Å²) >= 11 is 0. The Morgan fingerprint density at radius 2 is 0.967 bits per heavy atom. The summed E-state index contributed by atoms with van der Waals surface area (Å²) in [6.45, 7) is 9.52. The van der Waals surface area contributed by atoms with Crippen LogP contribution in [0.1, 0.15) is 37.8 Å². The molecule has 0 saturated carbocycles. The maximum Gasteiger partial charge on any atom is 4.00 e. The Kier molecular flexibility index (Phi) is 10.0. The molecule has 0 saturated heterocycles. The molecule has 2 aliphatic carbocycles. The normalized spacial score (nSPS) is 15.7. The number of hydrogen-bond donors (Lipinski definition) is 0. The molecule has 0 unspecified atom stereocenters. The quantitative estimate of drug-likeness (QED) is 0.410. The van der Waals surface area contributed by atoms with Crippen molar-refractivity contribution >= 4 is 19.2 Å². The zero-order chi connectivity index (χ0) is 19.0. The third kappa shape index (κ3) is 4.94. The number of halogens is 2. The van der Waals surface area contributed by atoms with Gasteiger partial charge in [0.1, 0.15) is 0 Å². The largest absolute Gasteiger partial charge is 4.00 e. The minimum absolute atomic E-state index is 0. The van der Waals surface area contributed by atoms with E-state index in [0.717, 1.165) is 12.8 Å². The van der Waals surface area contributed by atoms with Gasteiger partial charge in [0, 0.05) is 0 Å². The van der Waals surface area contributed by atoms with E-state index in [9.17, 15) is 0 Å². The van der Waals surface area contributed by atoms with Crippen LogP contribution in [0.25, 0.3) is 11.1 Å². The average Bonchev–Trinajstić information content (AvgIpc) is 3.27. The monoisotopic (exact) mass is 526 g/mol. The van der Waals surface area contributed by atoms with Crippen LogP contribution >= 0.6 is 0 Å². The molecule has 0 amide bonds. The molecule has 4 rings (SSSR count). The second-order valence-corrected chi connectivity index (χ2v) is 12.3. The smallest absolute Gasteiger partial charge is 1.00 e. The molecule has 0 aromatic heterocycles. The van der Waals surface area contributed by atoms with Gasteiger partial charge in [0.05, 0.1) is 0 Å². The van der Waals surface area contributed by atoms with Crippen molar-refractivity contribution in [1.82, 2.24) is 0 Å². The van der Waals surface area contributed by atoms with Crippen LogP contribution in [0, 0.1) is 12.2 Å². The molecule has 0 spiro atoms. The molecular weight excluding hydrogens is 503 g/mol. The summed E-state index contributed by atoms with van der Waals surface area (Å²) < 4.78 is 0. The Morgan fingerprint density at radius 3 is 1.30 bits per heavy atom. The molecule has 0 nitrogen and oxygen atoms in total. The van der Waals surface area contributed by atoms with E-state index in [2.05, 4.69) is 99.8 Å². The van der Waals surface area contributed by atoms with E-state index in [1.165, 1.54) is 33.4 Å². The summed E-state index contributed by atoms with van der Waals surface area (Å²) in [7, 11) is -1.89. The number of hydrogen-bond acceptors (Lipinski definition) is 0. The number of benzene rings is 2. The van der Waals surface area contributed by atoms with E-state index in [1.54, 1.807) is 10.4 Å². The Morgan fingerprint density at radius 1 is 0.633 bits per heavy atom.